The molecule has 10 heteroatoms. The van der Waals surface area contributed by atoms with Gasteiger partial charge in [-0.15, -0.1) is 0 Å². The Bertz CT molecular complexity index is 4790. The van der Waals surface area contributed by atoms with E-state index in [4.69, 9.17) is 29.9 Å². The number of fused-ring (bicyclic) bond motifs is 7. The Kier molecular flexibility index (Phi) is 12.1. The highest BCUT2D eigenvalue weighted by Crippen LogP contribution is 2.48. The Labute approximate surface area is 509 Å². The van der Waals surface area contributed by atoms with Gasteiger partial charge in [0.1, 0.15) is 0 Å². The van der Waals surface area contributed by atoms with Crippen molar-refractivity contribution in [2.24, 2.45) is 0 Å². The molecule has 0 aliphatic carbocycles. The lowest BCUT2D eigenvalue weighted by Gasteiger charge is -2.44. The minimum atomic E-state index is -0.00469. The highest BCUT2D eigenvalue weighted by atomic mass is 15.2. The molecule has 410 valence electrons. The zero-order valence-electron chi connectivity index (χ0n) is 47.5. The fourth-order valence-electron chi connectivity index (χ4n) is 13.2. The number of anilines is 6. The van der Waals surface area contributed by atoms with E-state index < -0.39 is 0 Å². The van der Waals surface area contributed by atoms with Crippen LogP contribution < -0.4 is 26.2 Å². The predicted octanol–water partition coefficient (Wildman–Crippen LogP) is 16.9. The molecule has 0 saturated carbocycles. The first kappa shape index (κ1) is 50.6. The van der Waals surface area contributed by atoms with Crippen LogP contribution in [0.5, 0.6) is 0 Å². The monoisotopic (exact) mass is 1120 g/mol. The van der Waals surface area contributed by atoms with Gasteiger partial charge in [-0.25, -0.2) is 29.9 Å². The summed E-state index contributed by atoms with van der Waals surface area (Å²) in [5.41, 5.74) is 20.6. The Balaban J connectivity index is 0.937. The molecule has 0 spiro atoms. The predicted molar refractivity (Wildman–Crippen MR) is 360 cm³/mol. The smallest absolute Gasteiger partial charge is 0.252 e. The average molecular weight is 1120 g/mol. The summed E-state index contributed by atoms with van der Waals surface area (Å²) in [7, 11) is 0. The Morgan fingerprint density at radius 3 is 1.08 bits per heavy atom. The van der Waals surface area contributed by atoms with Crippen molar-refractivity contribution in [2.45, 2.75) is 0 Å². The second kappa shape index (κ2) is 21.0. The highest BCUT2D eigenvalue weighted by Gasteiger charge is 2.43. The van der Waals surface area contributed by atoms with Crippen molar-refractivity contribution in [2.75, 3.05) is 9.80 Å². The Hall–Kier alpha value is -11.9. The Morgan fingerprint density at radius 2 is 0.625 bits per heavy atom. The van der Waals surface area contributed by atoms with E-state index in [9.17, 15) is 0 Å². The summed E-state index contributed by atoms with van der Waals surface area (Å²) < 4.78 is 2.37. The van der Waals surface area contributed by atoms with Crippen LogP contribution in [0.3, 0.4) is 0 Å². The van der Waals surface area contributed by atoms with Crippen LogP contribution in [-0.2, 0) is 0 Å². The normalized spacial score (nSPS) is 12.2. The maximum atomic E-state index is 5.40. The van der Waals surface area contributed by atoms with Crippen LogP contribution in [-0.4, -0.2) is 41.2 Å². The molecule has 0 atom stereocenters. The van der Waals surface area contributed by atoms with Crippen molar-refractivity contribution in [3.63, 3.8) is 0 Å². The number of hydrogen-bond acceptors (Lipinski definition) is 8. The summed E-state index contributed by atoms with van der Waals surface area (Å²) in [5.74, 6) is 3.25. The molecule has 0 unspecified atom stereocenters. The number of benzene rings is 12. The fraction of sp³-hybridized carbons (Fsp3) is 0. The quantitative estimate of drug-likeness (QED) is 0.125. The van der Waals surface area contributed by atoms with Crippen LogP contribution in [0, 0.1) is 0 Å². The standard InChI is InChI=1S/C78H50BN9/c1-7-26-51(27-8-1)73-80-74(52-28-9-2-10-29-52)83-77(82-73)60-39-25-40-61(78-84-75(53-30-11-3-12-31-53)81-76(85-78)54-32-13-4-14-33-54)72(60)88-65-43-22-19-38-59(65)62-48-55(46-47-66(62)88)56-49-69-71-70(50-56)87(58-36-17-6-18-37-58)68-45-24-21-42-64(68)79(71)63-41-20-23-44-67(63)86(69)57-34-15-5-16-35-57/h1-50H. The van der Waals surface area contributed by atoms with Gasteiger partial charge in [0.2, 0.25) is 0 Å². The van der Waals surface area contributed by atoms with Crippen LogP contribution in [0.25, 0.3) is 107 Å². The Morgan fingerprint density at radius 1 is 0.250 bits per heavy atom. The largest absolute Gasteiger partial charge is 0.311 e. The number of aromatic nitrogens is 7. The van der Waals surface area contributed by atoms with Gasteiger partial charge in [0, 0.05) is 78.3 Å². The molecule has 3 aromatic heterocycles. The van der Waals surface area contributed by atoms with E-state index in [0.717, 1.165) is 94.8 Å². The molecule has 2 aliphatic heterocycles. The lowest BCUT2D eigenvalue weighted by atomic mass is 9.33. The lowest BCUT2D eigenvalue weighted by Crippen LogP contribution is -2.61. The van der Waals surface area contributed by atoms with Crippen molar-refractivity contribution in [1.29, 1.82) is 0 Å². The maximum Gasteiger partial charge on any atom is 0.252 e. The number of hydrogen-bond donors (Lipinski definition) is 0. The summed E-state index contributed by atoms with van der Waals surface area (Å²) in [6.45, 7) is -0.00469. The zero-order chi connectivity index (χ0) is 58.1. The van der Waals surface area contributed by atoms with Gasteiger partial charge in [0.05, 0.1) is 16.7 Å². The first-order valence-corrected chi connectivity index (χ1v) is 29.6. The molecular formula is C78H50BN9. The van der Waals surface area contributed by atoms with E-state index in [2.05, 4.69) is 196 Å². The van der Waals surface area contributed by atoms with Crippen molar-refractivity contribution in [3.05, 3.63) is 303 Å². The molecule has 0 saturated heterocycles. The summed E-state index contributed by atoms with van der Waals surface area (Å²) in [6.07, 6.45) is 0. The number of rotatable bonds is 10. The van der Waals surface area contributed by atoms with Gasteiger partial charge in [0.25, 0.3) is 6.71 Å². The van der Waals surface area contributed by atoms with Crippen molar-refractivity contribution in [1.82, 2.24) is 34.5 Å². The molecule has 2 aliphatic rings. The van der Waals surface area contributed by atoms with Gasteiger partial charge in [-0.2, -0.15) is 0 Å². The van der Waals surface area contributed by atoms with E-state index in [1.165, 1.54) is 27.8 Å². The second-order valence-corrected chi connectivity index (χ2v) is 22.2. The van der Waals surface area contributed by atoms with E-state index in [0.29, 0.717) is 34.9 Å². The molecular weight excluding hydrogens is 1070 g/mol. The third-order valence-electron chi connectivity index (χ3n) is 17.1. The molecule has 88 heavy (non-hydrogen) atoms. The van der Waals surface area contributed by atoms with Gasteiger partial charge in [-0.1, -0.05) is 224 Å². The SMILES string of the molecule is c1ccc(-c2nc(-c3ccccc3)nc(-c3cccc(-c4nc(-c5ccccc5)nc(-c5ccccc5)n4)c3-n3c4ccccc4c4cc(-c5cc6c7c(c5)N(c5ccccc5)c5ccccc5B7c5ccccc5N6c5ccccc5)ccc43)n2)cc1. The van der Waals surface area contributed by atoms with Gasteiger partial charge in [0.15, 0.2) is 34.9 Å². The highest BCUT2D eigenvalue weighted by molar-refractivity contribution is 7.00. The van der Waals surface area contributed by atoms with Gasteiger partial charge < -0.3 is 14.4 Å². The molecule has 15 aromatic rings. The average Bonchev–Trinajstić information content (AvgIpc) is 0.950. The molecule has 5 heterocycles. The third kappa shape index (κ3) is 8.49. The minimum absolute atomic E-state index is 0.00469. The molecule has 12 aromatic carbocycles. The molecule has 0 N–H and O–H groups in total. The van der Waals surface area contributed by atoms with Gasteiger partial charge in [-0.05, 0) is 106 Å². The van der Waals surface area contributed by atoms with Crippen LogP contribution in [0.4, 0.5) is 34.1 Å². The minimum Gasteiger partial charge on any atom is -0.311 e. The molecule has 0 bridgehead atoms. The first-order valence-electron chi connectivity index (χ1n) is 29.6. The topological polar surface area (TPSA) is 88.7 Å². The summed E-state index contributed by atoms with van der Waals surface area (Å²) in [5, 5.41) is 2.15. The van der Waals surface area contributed by atoms with E-state index >= 15 is 0 Å². The summed E-state index contributed by atoms with van der Waals surface area (Å²) in [4.78, 5) is 36.8. The van der Waals surface area contributed by atoms with Crippen LogP contribution >= 0.6 is 0 Å². The van der Waals surface area contributed by atoms with Crippen LogP contribution in [0.15, 0.2) is 303 Å². The molecule has 9 nitrogen and oxygen atoms in total. The van der Waals surface area contributed by atoms with Gasteiger partial charge >= 0.3 is 0 Å². The van der Waals surface area contributed by atoms with Crippen molar-refractivity contribution >= 4 is 79.0 Å². The molecule has 0 radical (unpaired) electrons. The summed E-state index contributed by atoms with van der Waals surface area (Å²) in [6, 6.07) is 107. The van der Waals surface area contributed by atoms with E-state index in [1.807, 2.05) is 121 Å². The third-order valence-corrected chi connectivity index (χ3v) is 17.1. The summed E-state index contributed by atoms with van der Waals surface area (Å²) >= 11 is 0. The molecule has 17 rings (SSSR count). The molecule has 0 fully saturated rings. The molecule has 0 amide bonds. The number of nitrogens with zero attached hydrogens (tertiary/aromatic N) is 9. The lowest BCUT2D eigenvalue weighted by molar-refractivity contribution is 1.05. The van der Waals surface area contributed by atoms with E-state index in [1.54, 1.807) is 0 Å². The van der Waals surface area contributed by atoms with Gasteiger partial charge in [-0.3, -0.25) is 0 Å². The van der Waals surface area contributed by atoms with Crippen LogP contribution in [0.1, 0.15) is 0 Å². The van der Waals surface area contributed by atoms with Crippen molar-refractivity contribution in [3.8, 4) is 85.1 Å². The zero-order valence-corrected chi connectivity index (χ0v) is 47.5. The maximum absolute atomic E-state index is 5.40. The number of para-hydroxylation sites is 6. The van der Waals surface area contributed by atoms with Crippen molar-refractivity contribution < 1.29 is 0 Å². The van der Waals surface area contributed by atoms with E-state index in [-0.39, 0.29) is 6.71 Å². The second-order valence-electron chi connectivity index (χ2n) is 22.2. The fourth-order valence-corrected chi connectivity index (χ4v) is 13.2. The van der Waals surface area contributed by atoms with Crippen LogP contribution in [0.2, 0.25) is 0 Å². The first-order chi connectivity index (χ1) is 43.7.